The normalized spacial score (nSPS) is 14.1. The maximum absolute atomic E-state index is 13.0. The van der Waals surface area contributed by atoms with Gasteiger partial charge in [0.1, 0.15) is 12.4 Å². The zero-order valence-electron chi connectivity index (χ0n) is 23.1. The summed E-state index contributed by atoms with van der Waals surface area (Å²) in [6.07, 6.45) is 5.09. The number of carbonyl (C=O) groups is 1. The molecule has 0 unspecified atom stereocenters. The molecular formula is C31H32ClN5O4S. The van der Waals surface area contributed by atoms with Gasteiger partial charge in [0.05, 0.1) is 11.4 Å². The van der Waals surface area contributed by atoms with Crippen molar-refractivity contribution in [2.75, 3.05) is 43.4 Å². The number of carbonyl (C=O) groups excluding carboxylic acids is 1. The predicted octanol–water partition coefficient (Wildman–Crippen LogP) is 4.88. The number of ether oxygens (including phenoxy) is 1. The van der Waals surface area contributed by atoms with Crippen molar-refractivity contribution in [3.05, 3.63) is 95.8 Å². The van der Waals surface area contributed by atoms with Crippen LogP contribution >= 0.6 is 11.6 Å². The number of pyridine rings is 1. The predicted molar refractivity (Wildman–Crippen MR) is 164 cm³/mol. The fourth-order valence-electron chi connectivity index (χ4n) is 4.73. The number of halogens is 1. The fourth-order valence-corrected chi connectivity index (χ4v) is 6.13. The van der Waals surface area contributed by atoms with E-state index in [-0.39, 0.29) is 24.7 Å². The molecule has 2 aromatic heterocycles. The topological polar surface area (TPSA) is 106 Å². The molecule has 0 N–H and O–H groups in total. The van der Waals surface area contributed by atoms with Crippen LogP contribution in [0.25, 0.3) is 22.6 Å². The molecule has 0 saturated carbocycles. The molecule has 2 aromatic carbocycles. The van der Waals surface area contributed by atoms with E-state index in [1.54, 1.807) is 12.4 Å². The van der Waals surface area contributed by atoms with Gasteiger partial charge in [-0.3, -0.25) is 9.78 Å². The van der Waals surface area contributed by atoms with Crippen LogP contribution in [-0.2, 0) is 26.0 Å². The Bertz CT molecular complexity index is 1580. The third-order valence-electron chi connectivity index (χ3n) is 7.02. The van der Waals surface area contributed by atoms with Gasteiger partial charge in [0.2, 0.25) is 10.0 Å². The summed E-state index contributed by atoms with van der Waals surface area (Å²) >= 11 is 6.09. The molecule has 0 aliphatic carbocycles. The zero-order chi connectivity index (χ0) is 29.4. The molecule has 218 valence electrons. The Morgan fingerprint density at radius 1 is 0.905 bits per heavy atom. The standard InChI is InChI=1S/C31H32ClN5O4S/c32-27-13-11-25(12-14-27)28-22-29(35-31(34-28)26-9-5-15-33-23-26)36-16-18-37(19-17-36)42(39,40)21-20-41-30(38)10-4-8-24-6-2-1-3-7-24/h1-3,5-7,9,11-15,22-23H,4,8,10,16-21H2. The maximum Gasteiger partial charge on any atom is 0.305 e. The van der Waals surface area contributed by atoms with Crippen molar-refractivity contribution in [1.29, 1.82) is 0 Å². The van der Waals surface area contributed by atoms with Crippen molar-refractivity contribution < 1.29 is 17.9 Å². The van der Waals surface area contributed by atoms with Crippen molar-refractivity contribution in [1.82, 2.24) is 19.3 Å². The van der Waals surface area contributed by atoms with Gasteiger partial charge in [-0.05, 0) is 42.7 Å². The molecule has 0 atom stereocenters. The zero-order valence-corrected chi connectivity index (χ0v) is 24.7. The lowest BCUT2D eigenvalue weighted by Crippen LogP contribution is -2.50. The summed E-state index contributed by atoms with van der Waals surface area (Å²) in [5.74, 6) is 0.619. The Balaban J connectivity index is 1.17. The van der Waals surface area contributed by atoms with Crippen LogP contribution in [0.2, 0.25) is 5.02 Å². The number of benzene rings is 2. The number of hydrogen-bond acceptors (Lipinski definition) is 8. The van der Waals surface area contributed by atoms with Crippen LogP contribution in [0.4, 0.5) is 5.82 Å². The number of sulfonamides is 1. The molecule has 3 heterocycles. The SMILES string of the molecule is O=C(CCCc1ccccc1)OCCS(=O)(=O)N1CCN(c2cc(-c3ccc(Cl)cc3)nc(-c3cccnc3)n2)CC1. The summed E-state index contributed by atoms with van der Waals surface area (Å²) in [7, 11) is -3.58. The second-order valence-electron chi connectivity index (χ2n) is 9.95. The maximum atomic E-state index is 13.0. The molecule has 0 radical (unpaired) electrons. The van der Waals surface area contributed by atoms with Crippen molar-refractivity contribution in [2.45, 2.75) is 19.3 Å². The van der Waals surface area contributed by atoms with E-state index >= 15 is 0 Å². The number of aromatic nitrogens is 3. The lowest BCUT2D eigenvalue weighted by atomic mass is 10.1. The molecule has 4 aromatic rings. The van der Waals surface area contributed by atoms with E-state index < -0.39 is 10.0 Å². The lowest BCUT2D eigenvalue weighted by molar-refractivity contribution is -0.143. The molecule has 1 aliphatic rings. The first-order valence-corrected chi connectivity index (χ1v) is 15.8. The van der Waals surface area contributed by atoms with Crippen LogP contribution < -0.4 is 4.90 Å². The summed E-state index contributed by atoms with van der Waals surface area (Å²) < 4.78 is 32.7. The minimum absolute atomic E-state index is 0.155. The van der Waals surface area contributed by atoms with E-state index in [0.717, 1.165) is 28.8 Å². The first-order chi connectivity index (χ1) is 20.4. The van der Waals surface area contributed by atoms with E-state index in [1.165, 1.54) is 4.31 Å². The molecule has 0 bridgehead atoms. The van der Waals surface area contributed by atoms with Crippen LogP contribution in [0, 0.1) is 0 Å². The minimum atomic E-state index is -3.58. The highest BCUT2D eigenvalue weighted by molar-refractivity contribution is 7.89. The monoisotopic (exact) mass is 605 g/mol. The Hall–Kier alpha value is -3.86. The highest BCUT2D eigenvalue weighted by Crippen LogP contribution is 2.27. The van der Waals surface area contributed by atoms with Crippen molar-refractivity contribution in [3.63, 3.8) is 0 Å². The number of nitrogens with zero attached hydrogens (tertiary/aromatic N) is 5. The van der Waals surface area contributed by atoms with Crippen molar-refractivity contribution in [3.8, 4) is 22.6 Å². The third-order valence-corrected chi connectivity index (χ3v) is 9.11. The van der Waals surface area contributed by atoms with E-state index in [0.29, 0.717) is 49.3 Å². The minimum Gasteiger partial charge on any atom is -0.465 e. The van der Waals surface area contributed by atoms with Crippen LogP contribution in [-0.4, -0.2) is 72.2 Å². The van der Waals surface area contributed by atoms with E-state index in [1.807, 2.05) is 72.8 Å². The van der Waals surface area contributed by atoms with Crippen LogP contribution in [0.5, 0.6) is 0 Å². The number of piperazine rings is 1. The summed E-state index contributed by atoms with van der Waals surface area (Å²) in [4.78, 5) is 27.9. The number of rotatable bonds is 11. The Morgan fingerprint density at radius 3 is 2.38 bits per heavy atom. The Labute approximate surface area is 251 Å². The number of anilines is 1. The fraction of sp³-hybridized carbons (Fsp3) is 0.290. The van der Waals surface area contributed by atoms with Gasteiger partial charge in [-0.2, -0.15) is 4.31 Å². The summed E-state index contributed by atoms with van der Waals surface area (Å²) in [6, 6.07) is 23.0. The Morgan fingerprint density at radius 2 is 1.67 bits per heavy atom. The van der Waals surface area contributed by atoms with Crippen LogP contribution in [0.1, 0.15) is 18.4 Å². The largest absolute Gasteiger partial charge is 0.465 e. The smallest absolute Gasteiger partial charge is 0.305 e. The quantitative estimate of drug-likeness (QED) is 0.223. The van der Waals surface area contributed by atoms with Crippen molar-refractivity contribution >= 4 is 33.4 Å². The van der Waals surface area contributed by atoms with Gasteiger partial charge in [0.15, 0.2) is 5.82 Å². The molecule has 0 spiro atoms. The first-order valence-electron chi connectivity index (χ1n) is 13.9. The molecule has 9 nitrogen and oxygen atoms in total. The molecule has 1 saturated heterocycles. The van der Waals surface area contributed by atoms with Gasteiger partial charge in [0, 0.05) is 67.2 Å². The summed E-state index contributed by atoms with van der Waals surface area (Å²) in [6.45, 7) is 1.37. The molecule has 0 amide bonds. The van der Waals surface area contributed by atoms with Gasteiger partial charge in [-0.15, -0.1) is 0 Å². The summed E-state index contributed by atoms with van der Waals surface area (Å²) in [5.41, 5.74) is 3.56. The van der Waals surface area contributed by atoms with Gasteiger partial charge in [-0.1, -0.05) is 54.1 Å². The van der Waals surface area contributed by atoms with E-state index in [2.05, 4.69) is 9.88 Å². The lowest BCUT2D eigenvalue weighted by Gasteiger charge is -2.34. The molecule has 42 heavy (non-hydrogen) atoms. The van der Waals surface area contributed by atoms with Crippen LogP contribution in [0.15, 0.2) is 85.2 Å². The molecule has 1 aliphatic heterocycles. The average Bonchev–Trinajstić information content (AvgIpc) is 3.02. The highest BCUT2D eigenvalue weighted by atomic mass is 35.5. The number of hydrogen-bond donors (Lipinski definition) is 0. The number of esters is 1. The van der Waals surface area contributed by atoms with Gasteiger partial charge in [0.25, 0.3) is 0 Å². The van der Waals surface area contributed by atoms with E-state index in [9.17, 15) is 13.2 Å². The summed E-state index contributed by atoms with van der Waals surface area (Å²) in [5, 5.41) is 0.635. The van der Waals surface area contributed by atoms with Gasteiger partial charge in [-0.25, -0.2) is 18.4 Å². The number of aryl methyl sites for hydroxylation is 1. The highest BCUT2D eigenvalue weighted by Gasteiger charge is 2.28. The molecule has 5 rings (SSSR count). The second kappa shape index (κ2) is 13.9. The third kappa shape index (κ3) is 7.90. The van der Waals surface area contributed by atoms with E-state index in [4.69, 9.17) is 26.3 Å². The van der Waals surface area contributed by atoms with Gasteiger partial charge < -0.3 is 9.64 Å². The molecule has 11 heteroatoms. The van der Waals surface area contributed by atoms with Crippen molar-refractivity contribution in [2.24, 2.45) is 0 Å². The van der Waals surface area contributed by atoms with Crippen LogP contribution in [0.3, 0.4) is 0 Å². The Kier molecular flexibility index (Phi) is 9.78. The molecular weight excluding hydrogens is 574 g/mol. The van der Waals surface area contributed by atoms with Gasteiger partial charge >= 0.3 is 5.97 Å². The average molecular weight is 606 g/mol. The second-order valence-corrected chi connectivity index (χ2v) is 12.5. The molecule has 1 fully saturated rings. The first kappa shape index (κ1) is 29.6.